The number of methoxy groups -OCH3 is 1. The molecule has 1 N–H and O–H groups in total. The monoisotopic (exact) mass is 794 g/mol. The van der Waals surface area contributed by atoms with Gasteiger partial charge in [0.25, 0.3) is 0 Å². The van der Waals surface area contributed by atoms with Gasteiger partial charge in [0.1, 0.15) is 52.6 Å². The van der Waals surface area contributed by atoms with Crippen molar-refractivity contribution in [2.75, 3.05) is 19.1 Å². The van der Waals surface area contributed by atoms with E-state index in [1.807, 2.05) is 0 Å². The van der Waals surface area contributed by atoms with E-state index in [-0.39, 0.29) is 73.7 Å². The average Bonchev–Trinajstić information content (AvgIpc) is 3.79. The molecule has 10 aliphatic rings. The van der Waals surface area contributed by atoms with Gasteiger partial charge in [-0.2, -0.15) is 0 Å². The zero-order valence-corrected chi connectivity index (χ0v) is 33.0. The second kappa shape index (κ2) is 15.0. The number of hydrogen-bond acceptors (Lipinski definition) is 14. The van der Waals surface area contributed by atoms with Crippen LogP contribution in [0, 0.1) is 5.92 Å². The number of ether oxygens (including phenoxy) is 10. The van der Waals surface area contributed by atoms with Crippen LogP contribution in [-0.4, -0.2) is 148 Å². The smallest absolute Gasteiger partial charge is 0.308 e. The predicted octanol–water partition coefficient (Wildman–Crippen LogP) is 2.86. The van der Waals surface area contributed by atoms with Crippen LogP contribution < -0.4 is 0 Å². The fourth-order valence-electron chi connectivity index (χ4n) is 11.1. The maximum Gasteiger partial charge on any atom is 0.308 e. The molecule has 0 amide bonds. The summed E-state index contributed by atoms with van der Waals surface area (Å²) in [5, 5.41) is 10.8. The van der Waals surface area contributed by atoms with E-state index in [1.54, 1.807) is 0 Å². The molecule has 0 aliphatic carbocycles. The lowest BCUT2D eigenvalue weighted by Crippen LogP contribution is -2.61. The SMILES string of the molecule is C=C1C[C@@H]2CC[C@@]34CC5OC6[C@@H](O3)[C@H]3O[C@H](CC[C@@H]3O[C@H]6[C@H]5O4)CC(=O)O[C@H]3[C@H](C[C@H]4O[C@@H](CC[C@@H]1O2)C[C@@H](C)C4=C)OC(C[C@H](O)CS(C)(=O)=O)[C@@H]3OC. The number of sulfone groups is 1. The Hall–Kier alpha value is -1.50. The lowest BCUT2D eigenvalue weighted by atomic mass is 9.84. The summed E-state index contributed by atoms with van der Waals surface area (Å²) < 4.78 is 89.7. The van der Waals surface area contributed by atoms with Crippen molar-refractivity contribution in [1.82, 2.24) is 0 Å². The van der Waals surface area contributed by atoms with Gasteiger partial charge in [-0.25, -0.2) is 8.42 Å². The molecule has 14 nitrogen and oxygen atoms in total. The van der Waals surface area contributed by atoms with Crippen molar-refractivity contribution in [1.29, 1.82) is 0 Å². The second-order valence-electron chi connectivity index (χ2n) is 17.8. The van der Waals surface area contributed by atoms with E-state index in [0.717, 1.165) is 49.5 Å². The molecule has 10 rings (SSSR count). The highest BCUT2D eigenvalue weighted by molar-refractivity contribution is 7.90. The van der Waals surface area contributed by atoms with Gasteiger partial charge in [-0.05, 0) is 62.0 Å². The number of aliphatic hydroxyl groups excluding tert-OH is 1. The second-order valence-corrected chi connectivity index (χ2v) is 20.0. The molecule has 10 aliphatic heterocycles. The Balaban J connectivity index is 0.989. The number of aliphatic hydroxyl groups is 1. The number of rotatable bonds is 5. The van der Waals surface area contributed by atoms with E-state index >= 15 is 0 Å². The molecular formula is C40H58O14S. The molecule has 0 saturated carbocycles. The van der Waals surface area contributed by atoms with Gasteiger partial charge in [-0.1, -0.05) is 20.1 Å². The highest BCUT2D eigenvalue weighted by atomic mass is 32.2. The molecule has 15 heteroatoms. The molecule has 10 saturated heterocycles. The van der Waals surface area contributed by atoms with Crippen LogP contribution in [0.15, 0.2) is 24.3 Å². The van der Waals surface area contributed by atoms with Crippen LogP contribution in [0.25, 0.3) is 0 Å². The van der Waals surface area contributed by atoms with Gasteiger partial charge >= 0.3 is 5.97 Å². The Morgan fingerprint density at radius 3 is 2.33 bits per heavy atom. The van der Waals surface area contributed by atoms with Gasteiger partial charge < -0.3 is 52.5 Å². The average molecular weight is 795 g/mol. The van der Waals surface area contributed by atoms with Crippen LogP contribution in [-0.2, 0) is 62.0 Å². The summed E-state index contributed by atoms with van der Waals surface area (Å²) in [7, 11) is -1.95. The van der Waals surface area contributed by atoms with Crippen LogP contribution in [0.4, 0.5) is 0 Å². The molecule has 3 unspecified atom stereocenters. The molecular weight excluding hydrogens is 736 g/mol. The van der Waals surface area contributed by atoms with Gasteiger partial charge in [-0.15, -0.1) is 0 Å². The van der Waals surface area contributed by atoms with Crippen molar-refractivity contribution in [3.8, 4) is 0 Å². The number of hydrogen-bond donors (Lipinski definition) is 1. The van der Waals surface area contributed by atoms with Crippen molar-refractivity contribution in [3.05, 3.63) is 24.3 Å². The van der Waals surface area contributed by atoms with Crippen molar-refractivity contribution in [2.45, 2.75) is 194 Å². The zero-order chi connectivity index (χ0) is 38.4. The maximum absolute atomic E-state index is 13.9. The molecule has 1 spiro atoms. The first-order chi connectivity index (χ1) is 26.2. The Kier molecular flexibility index (Phi) is 10.6. The van der Waals surface area contributed by atoms with Gasteiger partial charge in [-0.3, -0.25) is 4.79 Å². The lowest BCUT2D eigenvalue weighted by Gasteiger charge is -2.47. The molecule has 0 aromatic carbocycles. The van der Waals surface area contributed by atoms with Crippen molar-refractivity contribution in [2.24, 2.45) is 5.92 Å². The van der Waals surface area contributed by atoms with Crippen LogP contribution in [0.5, 0.6) is 0 Å². The summed E-state index contributed by atoms with van der Waals surface area (Å²) in [5.74, 6) is -1.54. The van der Waals surface area contributed by atoms with Crippen molar-refractivity contribution in [3.63, 3.8) is 0 Å². The third kappa shape index (κ3) is 7.63. The van der Waals surface area contributed by atoms with Crippen LogP contribution in [0.1, 0.15) is 84.0 Å². The van der Waals surface area contributed by atoms with E-state index in [0.29, 0.717) is 32.1 Å². The molecule has 0 aromatic rings. The lowest BCUT2D eigenvalue weighted by molar-refractivity contribution is -0.293. The summed E-state index contributed by atoms with van der Waals surface area (Å²) in [5.41, 5.74) is 2.04. The van der Waals surface area contributed by atoms with Gasteiger partial charge in [0.2, 0.25) is 0 Å². The summed E-state index contributed by atoms with van der Waals surface area (Å²) in [6.45, 7) is 11.0. The largest absolute Gasteiger partial charge is 0.457 e. The quantitative estimate of drug-likeness (QED) is 0.319. The Morgan fingerprint density at radius 1 is 0.800 bits per heavy atom. The molecule has 55 heavy (non-hydrogen) atoms. The summed E-state index contributed by atoms with van der Waals surface area (Å²) in [6, 6.07) is 0. The van der Waals surface area contributed by atoms with E-state index in [4.69, 9.17) is 47.4 Å². The molecule has 308 valence electrons. The fourth-order valence-corrected chi connectivity index (χ4v) is 11.9. The molecule has 0 aromatic heterocycles. The van der Waals surface area contributed by atoms with Gasteiger partial charge in [0.05, 0.1) is 67.1 Å². The Labute approximate surface area is 323 Å². The first-order valence-electron chi connectivity index (χ1n) is 20.5. The third-order valence-corrected chi connectivity index (χ3v) is 14.7. The van der Waals surface area contributed by atoms with Crippen LogP contribution in [0.3, 0.4) is 0 Å². The summed E-state index contributed by atoms with van der Waals surface area (Å²) in [4.78, 5) is 13.9. The molecule has 10 fully saturated rings. The first kappa shape index (κ1) is 39.0. The van der Waals surface area contributed by atoms with Gasteiger partial charge in [0.15, 0.2) is 11.9 Å². The molecule has 12 bridgehead atoms. The van der Waals surface area contributed by atoms with Crippen molar-refractivity contribution >= 4 is 15.8 Å². The van der Waals surface area contributed by atoms with E-state index in [9.17, 15) is 18.3 Å². The Morgan fingerprint density at radius 2 is 1.53 bits per heavy atom. The predicted molar refractivity (Wildman–Crippen MR) is 194 cm³/mol. The zero-order valence-electron chi connectivity index (χ0n) is 32.2. The molecule has 19 atom stereocenters. The fraction of sp³-hybridized carbons (Fsp3) is 0.875. The number of fused-ring (bicyclic) bond motifs is 6. The number of carbonyl (C=O) groups is 1. The maximum atomic E-state index is 13.9. The van der Waals surface area contributed by atoms with E-state index in [1.165, 1.54) is 7.11 Å². The minimum atomic E-state index is -3.46. The molecule has 10 heterocycles. The van der Waals surface area contributed by atoms with Crippen LogP contribution >= 0.6 is 0 Å². The van der Waals surface area contributed by atoms with Gasteiger partial charge in [0, 0.05) is 39.0 Å². The number of carbonyl (C=O) groups excluding carboxylic acids is 1. The summed E-state index contributed by atoms with van der Waals surface area (Å²) >= 11 is 0. The Bertz CT molecular complexity index is 1600. The normalized spacial score (nSPS) is 50.3. The minimum absolute atomic E-state index is 0.00533. The standard InChI is InChI=1S/C40H58O14S/c1-19-12-23-6-8-26-20(2)13-25(46-26)10-11-40-17-31-36(53-40)37-38(51-31)39(54-40)34-27(50-37)9-7-24(48-34)15-32(42)52-35-30(16-28(47-23)21(19)3)49-29(33(35)45-4)14-22(41)18-55(5,43)44/h19,22-31,33-39,41H,2-3,6-18H2,1,4-5H3/t19-,22+,23+,24-,25+,26+,27+,28-,29?,30+,31?,33+,34+,35+,36+,37+,38?,39+,40+/m1/s1. The third-order valence-electron chi connectivity index (χ3n) is 13.7. The first-order valence-corrected chi connectivity index (χ1v) is 22.5. The molecule has 0 radical (unpaired) electrons. The van der Waals surface area contributed by atoms with Crippen molar-refractivity contribution < 1.29 is 65.7 Å². The minimum Gasteiger partial charge on any atom is -0.457 e. The highest BCUT2D eigenvalue weighted by Gasteiger charge is 2.68. The highest BCUT2D eigenvalue weighted by Crippen LogP contribution is 2.54. The van der Waals surface area contributed by atoms with E-state index in [2.05, 4.69) is 20.1 Å². The van der Waals surface area contributed by atoms with Crippen LogP contribution in [0.2, 0.25) is 0 Å². The summed E-state index contributed by atoms with van der Waals surface area (Å²) in [6.07, 6.45) is 0.803. The van der Waals surface area contributed by atoms with E-state index < -0.39 is 76.2 Å². The topological polar surface area (TPSA) is 164 Å². The number of esters is 1.